The van der Waals surface area contributed by atoms with E-state index in [2.05, 4.69) is 5.32 Å². The van der Waals surface area contributed by atoms with Gasteiger partial charge in [-0.1, -0.05) is 18.2 Å². The average Bonchev–Trinajstić information content (AvgIpc) is 2.47. The summed E-state index contributed by atoms with van der Waals surface area (Å²) in [5.41, 5.74) is 3.30. The zero-order chi connectivity index (χ0) is 14.1. The average molecular weight is 273 g/mol. The van der Waals surface area contributed by atoms with E-state index < -0.39 is 17.9 Å². The molecule has 4 N–H and O–H groups in total. The van der Waals surface area contributed by atoms with Crippen molar-refractivity contribution in [3.05, 3.63) is 59.4 Å². The van der Waals surface area contributed by atoms with Crippen LogP contribution in [0.4, 0.5) is 9.18 Å². The lowest BCUT2D eigenvalue weighted by Crippen LogP contribution is -2.42. The van der Waals surface area contributed by atoms with E-state index in [4.69, 9.17) is 10.6 Å². The highest BCUT2D eigenvalue weighted by Crippen LogP contribution is 2.42. The molecule has 2 aromatic rings. The number of halogens is 1. The molecule has 0 bridgehead atoms. The van der Waals surface area contributed by atoms with Crippen LogP contribution in [0.2, 0.25) is 0 Å². The molecule has 0 saturated heterocycles. The van der Waals surface area contributed by atoms with Gasteiger partial charge in [-0.2, -0.15) is 0 Å². The number of amides is 2. The molecule has 0 spiro atoms. The Morgan fingerprint density at radius 1 is 1.15 bits per heavy atom. The van der Waals surface area contributed by atoms with E-state index in [1.165, 1.54) is 18.2 Å². The van der Waals surface area contributed by atoms with Gasteiger partial charge < -0.3 is 10.1 Å². The van der Waals surface area contributed by atoms with Gasteiger partial charge in [-0.3, -0.25) is 5.43 Å². The summed E-state index contributed by atoms with van der Waals surface area (Å²) < 4.78 is 19.2. The third-order valence-corrected chi connectivity index (χ3v) is 3.14. The summed E-state index contributed by atoms with van der Waals surface area (Å²) in [5, 5.41) is 2.69. The number of benzene rings is 2. The molecule has 6 heteroatoms. The van der Waals surface area contributed by atoms with Crippen molar-refractivity contribution in [2.75, 3.05) is 0 Å². The first kappa shape index (κ1) is 12.4. The molecule has 1 unspecified atom stereocenters. The first-order chi connectivity index (χ1) is 9.69. The minimum atomic E-state index is -0.554. The van der Waals surface area contributed by atoms with Gasteiger partial charge in [0.1, 0.15) is 17.3 Å². The van der Waals surface area contributed by atoms with Gasteiger partial charge >= 0.3 is 6.03 Å². The van der Waals surface area contributed by atoms with Gasteiger partial charge in [0.2, 0.25) is 0 Å². The molecule has 1 atom stereocenters. The van der Waals surface area contributed by atoms with Gasteiger partial charge in [0.15, 0.2) is 0 Å². The standard InChI is InChI=1S/C14H12FN3O2/c15-8-5-6-12-10(7-8)13(17-14(19)18-16)9-3-1-2-4-11(9)20-12/h1-7,13H,16H2,(H2,17,18,19). The summed E-state index contributed by atoms with van der Waals surface area (Å²) in [7, 11) is 0. The van der Waals surface area contributed by atoms with Crippen molar-refractivity contribution in [3.8, 4) is 11.5 Å². The van der Waals surface area contributed by atoms with Crippen LogP contribution in [0.15, 0.2) is 42.5 Å². The first-order valence-electron chi connectivity index (χ1n) is 6.02. The van der Waals surface area contributed by atoms with Crippen LogP contribution in [0.5, 0.6) is 11.5 Å². The molecule has 1 aliphatic heterocycles. The monoisotopic (exact) mass is 273 g/mol. The second kappa shape index (κ2) is 4.82. The number of urea groups is 1. The third kappa shape index (κ3) is 2.06. The molecule has 0 saturated carbocycles. The highest BCUT2D eigenvalue weighted by atomic mass is 19.1. The molecule has 2 aromatic carbocycles. The van der Waals surface area contributed by atoms with Gasteiger partial charge in [-0.15, -0.1) is 0 Å². The molecule has 3 rings (SSSR count). The lowest BCUT2D eigenvalue weighted by Gasteiger charge is -2.28. The van der Waals surface area contributed by atoms with E-state index in [0.717, 1.165) is 5.56 Å². The maximum absolute atomic E-state index is 13.5. The SMILES string of the molecule is NNC(=O)NC1c2ccccc2Oc2ccc(F)cc21. The van der Waals surface area contributed by atoms with E-state index in [0.29, 0.717) is 17.1 Å². The van der Waals surface area contributed by atoms with Crippen molar-refractivity contribution in [3.63, 3.8) is 0 Å². The van der Waals surface area contributed by atoms with Gasteiger partial charge in [-0.25, -0.2) is 15.0 Å². The quantitative estimate of drug-likeness (QED) is 0.423. The summed E-state index contributed by atoms with van der Waals surface area (Å²) in [6.45, 7) is 0. The van der Waals surface area contributed by atoms with E-state index in [9.17, 15) is 9.18 Å². The molecule has 1 heterocycles. The Balaban J connectivity index is 2.11. The van der Waals surface area contributed by atoms with E-state index >= 15 is 0 Å². The highest BCUT2D eigenvalue weighted by molar-refractivity contribution is 5.75. The number of fused-ring (bicyclic) bond motifs is 2. The fraction of sp³-hybridized carbons (Fsp3) is 0.0714. The number of rotatable bonds is 1. The maximum atomic E-state index is 13.5. The van der Waals surface area contributed by atoms with Crippen molar-refractivity contribution in [1.29, 1.82) is 0 Å². The molecule has 102 valence electrons. The van der Waals surface area contributed by atoms with E-state index in [1.54, 1.807) is 6.07 Å². The number of carbonyl (C=O) groups excluding carboxylic acids is 1. The smallest absolute Gasteiger partial charge is 0.329 e. The number of ether oxygens (including phenoxy) is 1. The fourth-order valence-electron chi connectivity index (χ4n) is 2.26. The summed E-state index contributed by atoms with van der Waals surface area (Å²) in [6, 6.07) is 10.4. The Morgan fingerprint density at radius 2 is 1.90 bits per heavy atom. The Labute approximate surface area is 114 Å². The molecule has 0 aliphatic carbocycles. The molecule has 0 fully saturated rings. The van der Waals surface area contributed by atoms with Crippen LogP contribution in [-0.2, 0) is 0 Å². The second-order valence-electron chi connectivity index (χ2n) is 4.37. The summed E-state index contributed by atoms with van der Waals surface area (Å²) >= 11 is 0. The lowest BCUT2D eigenvalue weighted by atomic mass is 9.94. The summed E-state index contributed by atoms with van der Waals surface area (Å²) in [5.74, 6) is 5.82. The topological polar surface area (TPSA) is 76.4 Å². The second-order valence-corrected chi connectivity index (χ2v) is 4.37. The minimum absolute atomic E-state index is 0.397. The van der Waals surface area contributed by atoms with Crippen molar-refractivity contribution < 1.29 is 13.9 Å². The number of hydrogen-bond acceptors (Lipinski definition) is 3. The number of nitrogens with one attached hydrogen (secondary N) is 2. The third-order valence-electron chi connectivity index (χ3n) is 3.14. The van der Waals surface area contributed by atoms with Crippen LogP contribution in [0.1, 0.15) is 17.2 Å². The highest BCUT2D eigenvalue weighted by Gasteiger charge is 2.28. The van der Waals surface area contributed by atoms with Gasteiger partial charge in [0.25, 0.3) is 0 Å². The Kier molecular flexibility index (Phi) is 3.00. The lowest BCUT2D eigenvalue weighted by molar-refractivity contribution is 0.238. The molecule has 0 radical (unpaired) electrons. The van der Waals surface area contributed by atoms with Gasteiger partial charge in [0.05, 0.1) is 6.04 Å². The van der Waals surface area contributed by atoms with Crippen LogP contribution in [0, 0.1) is 5.82 Å². The number of hydrazine groups is 1. The number of para-hydroxylation sites is 1. The number of carbonyl (C=O) groups is 1. The van der Waals surface area contributed by atoms with Crippen LogP contribution in [-0.4, -0.2) is 6.03 Å². The zero-order valence-electron chi connectivity index (χ0n) is 10.4. The number of nitrogens with two attached hydrogens (primary N) is 1. The Hall–Kier alpha value is -2.60. The van der Waals surface area contributed by atoms with Crippen molar-refractivity contribution in [2.45, 2.75) is 6.04 Å². The van der Waals surface area contributed by atoms with Crippen molar-refractivity contribution in [1.82, 2.24) is 10.7 Å². The van der Waals surface area contributed by atoms with Crippen LogP contribution >= 0.6 is 0 Å². The van der Waals surface area contributed by atoms with E-state index in [-0.39, 0.29) is 0 Å². The zero-order valence-corrected chi connectivity index (χ0v) is 10.4. The molecule has 0 aromatic heterocycles. The molecule has 20 heavy (non-hydrogen) atoms. The molecule has 5 nitrogen and oxygen atoms in total. The molecule has 1 aliphatic rings. The van der Waals surface area contributed by atoms with E-state index in [1.807, 2.05) is 23.6 Å². The summed E-state index contributed by atoms with van der Waals surface area (Å²) in [6.07, 6.45) is 0. The Bertz CT molecular complexity index is 675. The Morgan fingerprint density at radius 3 is 2.70 bits per heavy atom. The van der Waals surface area contributed by atoms with Crippen LogP contribution in [0.25, 0.3) is 0 Å². The van der Waals surface area contributed by atoms with Gasteiger partial charge in [0, 0.05) is 11.1 Å². The van der Waals surface area contributed by atoms with Gasteiger partial charge in [-0.05, 0) is 24.3 Å². The fourth-order valence-corrected chi connectivity index (χ4v) is 2.26. The normalized spacial score (nSPS) is 15.6. The van der Waals surface area contributed by atoms with Crippen molar-refractivity contribution >= 4 is 6.03 Å². The molecular weight excluding hydrogens is 261 g/mol. The molecule has 2 amide bonds. The van der Waals surface area contributed by atoms with Crippen molar-refractivity contribution in [2.24, 2.45) is 5.84 Å². The van der Waals surface area contributed by atoms with Crippen LogP contribution in [0.3, 0.4) is 0 Å². The maximum Gasteiger partial charge on any atom is 0.329 e. The largest absolute Gasteiger partial charge is 0.457 e. The predicted octanol–water partition coefficient (Wildman–Crippen LogP) is 2.19. The summed E-state index contributed by atoms with van der Waals surface area (Å²) in [4.78, 5) is 11.5. The first-order valence-corrected chi connectivity index (χ1v) is 6.02. The number of hydrogen-bond donors (Lipinski definition) is 3. The van der Waals surface area contributed by atoms with Crippen LogP contribution < -0.4 is 21.3 Å². The molecular formula is C14H12FN3O2. The minimum Gasteiger partial charge on any atom is -0.457 e. The predicted molar refractivity (Wildman–Crippen MR) is 70.6 cm³/mol.